The number of aromatic nitrogens is 4. The highest BCUT2D eigenvalue weighted by Crippen LogP contribution is 2.34. The Kier molecular flexibility index (Phi) is 7.31. The van der Waals surface area contributed by atoms with Gasteiger partial charge in [0.05, 0.1) is 35.3 Å². The van der Waals surface area contributed by atoms with E-state index >= 15 is 4.39 Å². The summed E-state index contributed by atoms with van der Waals surface area (Å²) in [5.74, 6) is 4.13. The maximum atomic E-state index is 15.2. The van der Waals surface area contributed by atoms with Gasteiger partial charge in [-0.25, -0.2) is 18.4 Å². The highest BCUT2D eigenvalue weighted by molar-refractivity contribution is 5.87. The molecule has 1 aromatic carbocycles. The summed E-state index contributed by atoms with van der Waals surface area (Å²) in [4.78, 5) is 18.2. The smallest absolute Gasteiger partial charge is 0.246 e. The van der Waals surface area contributed by atoms with Crippen LogP contribution in [0.2, 0.25) is 0 Å². The van der Waals surface area contributed by atoms with Crippen LogP contribution in [-0.4, -0.2) is 68.6 Å². The van der Waals surface area contributed by atoms with Gasteiger partial charge in [-0.1, -0.05) is 12.5 Å². The van der Waals surface area contributed by atoms with Crippen LogP contribution in [0.4, 0.5) is 14.6 Å². The molecule has 4 N–H and O–H groups in total. The van der Waals surface area contributed by atoms with Crippen molar-refractivity contribution in [3.05, 3.63) is 53.0 Å². The van der Waals surface area contributed by atoms with E-state index in [-0.39, 0.29) is 34.8 Å². The van der Waals surface area contributed by atoms with Crippen LogP contribution in [0, 0.1) is 30.4 Å². The van der Waals surface area contributed by atoms with Crippen LogP contribution in [0.1, 0.15) is 41.3 Å². The molecule has 1 saturated heterocycles. The molecule has 4 rings (SSSR count). The molecule has 0 aliphatic carbocycles. The van der Waals surface area contributed by atoms with E-state index in [1.165, 1.54) is 12.1 Å². The second kappa shape index (κ2) is 10.3. The van der Waals surface area contributed by atoms with E-state index in [2.05, 4.69) is 33.8 Å². The monoisotopic (exact) mass is 513 g/mol. The zero-order chi connectivity index (χ0) is 27.0. The number of fused-ring (bicyclic) bond motifs is 1. The fourth-order valence-electron chi connectivity index (χ4n) is 4.75. The number of aliphatic hydroxyl groups excluding tert-OH is 1. The molecule has 10 nitrogen and oxygen atoms in total. The fraction of sp³-hybridized carbons (Fsp3) is 0.400. The minimum Gasteiger partial charge on any atom is -0.383 e. The molecule has 3 heterocycles. The SMILES string of the molecule is C=CC(=O)N1C[C@@H](n2nc(C#Cc3c(F)cc4c(nc(C)n4C)c3F)c(C(N)O)c2NC)C[C@@H]1COC. The average Bonchev–Trinajstić information content (AvgIpc) is 3.53. The van der Waals surface area contributed by atoms with Crippen LogP contribution in [0.25, 0.3) is 11.0 Å². The van der Waals surface area contributed by atoms with Gasteiger partial charge in [-0.3, -0.25) is 4.79 Å². The number of carbonyl (C=O) groups is 1. The Bertz CT molecular complexity index is 1430. The molecule has 1 amide bonds. The molecule has 0 saturated carbocycles. The molecule has 0 radical (unpaired) electrons. The number of rotatable bonds is 6. The number of aliphatic hydroxyl groups is 1. The first-order chi connectivity index (χ1) is 17.6. The molecule has 12 heteroatoms. The highest BCUT2D eigenvalue weighted by Gasteiger charge is 2.37. The quantitative estimate of drug-likeness (QED) is 0.261. The van der Waals surface area contributed by atoms with Crippen molar-refractivity contribution in [1.29, 1.82) is 0 Å². The summed E-state index contributed by atoms with van der Waals surface area (Å²) in [5, 5.41) is 17.8. The lowest BCUT2D eigenvalue weighted by Crippen LogP contribution is -2.37. The Labute approximate surface area is 212 Å². The molecule has 1 aliphatic rings. The largest absolute Gasteiger partial charge is 0.383 e. The van der Waals surface area contributed by atoms with E-state index in [1.54, 1.807) is 42.3 Å². The Balaban J connectivity index is 1.79. The number of halogens is 2. The maximum absolute atomic E-state index is 15.2. The molecule has 1 fully saturated rings. The van der Waals surface area contributed by atoms with Gasteiger partial charge in [-0.2, -0.15) is 5.10 Å². The first kappa shape index (κ1) is 26.3. The maximum Gasteiger partial charge on any atom is 0.246 e. The molecule has 3 atom stereocenters. The van der Waals surface area contributed by atoms with Crippen LogP contribution >= 0.6 is 0 Å². The minimum atomic E-state index is -1.47. The molecule has 3 aromatic rings. The molecule has 0 bridgehead atoms. The number of nitrogens with zero attached hydrogens (tertiary/aromatic N) is 5. The minimum absolute atomic E-state index is 0.00773. The normalized spacial score (nSPS) is 18.1. The predicted molar refractivity (Wildman–Crippen MR) is 133 cm³/mol. The molecule has 0 spiro atoms. The standard InChI is InChI=1S/C25H29F2N7O3/c1-6-20(35)33-11-14(9-15(33)12-37-5)34-25(29-3)21(24(28)36)18(31-34)8-7-16-17(26)10-19-23(22(16)27)30-13(2)32(19)4/h6,10,14-15,24,29,36H,1,9,11-12,28H2,2-5H3/t14-,15+,24?/m0/s1. The third-order valence-electron chi connectivity index (χ3n) is 6.63. The van der Waals surface area contributed by atoms with Gasteiger partial charge in [0, 0.05) is 33.8 Å². The van der Waals surface area contributed by atoms with Gasteiger partial charge in [-0.15, -0.1) is 0 Å². The van der Waals surface area contributed by atoms with E-state index in [9.17, 15) is 14.3 Å². The first-order valence-corrected chi connectivity index (χ1v) is 11.6. The Hall–Kier alpha value is -3.79. The summed E-state index contributed by atoms with van der Waals surface area (Å²) in [5.41, 5.74) is 5.90. The third-order valence-corrected chi connectivity index (χ3v) is 6.63. The van der Waals surface area contributed by atoms with Crippen LogP contribution in [-0.2, 0) is 16.6 Å². The number of carbonyl (C=O) groups excluding carboxylic acids is 1. The number of hydrogen-bond donors (Lipinski definition) is 3. The van der Waals surface area contributed by atoms with Crippen LogP contribution < -0.4 is 11.1 Å². The van der Waals surface area contributed by atoms with Gasteiger partial charge < -0.3 is 30.4 Å². The topological polar surface area (TPSA) is 123 Å². The molecular weight excluding hydrogens is 484 g/mol. The summed E-state index contributed by atoms with van der Waals surface area (Å²) in [6.07, 6.45) is 0.274. The molecule has 37 heavy (non-hydrogen) atoms. The number of amides is 1. The summed E-state index contributed by atoms with van der Waals surface area (Å²) in [6.45, 7) is 5.88. The second-order valence-corrected chi connectivity index (χ2v) is 8.83. The molecular formula is C25H29F2N7O3. The number of methoxy groups -OCH3 is 1. The van der Waals surface area contributed by atoms with Crippen LogP contribution in [0.5, 0.6) is 0 Å². The lowest BCUT2D eigenvalue weighted by molar-refractivity contribution is -0.127. The zero-order valence-electron chi connectivity index (χ0n) is 21.0. The number of benzene rings is 1. The van der Waals surface area contributed by atoms with Gasteiger partial charge in [0.2, 0.25) is 5.91 Å². The number of nitrogens with two attached hydrogens (primary N) is 1. The van der Waals surface area contributed by atoms with Crippen molar-refractivity contribution in [2.24, 2.45) is 12.8 Å². The van der Waals surface area contributed by atoms with Crippen molar-refractivity contribution >= 4 is 22.8 Å². The number of hydrogen-bond acceptors (Lipinski definition) is 7. The van der Waals surface area contributed by atoms with Crippen molar-refractivity contribution in [3.8, 4) is 11.8 Å². The first-order valence-electron chi connectivity index (χ1n) is 11.6. The summed E-state index contributed by atoms with van der Waals surface area (Å²) < 4.78 is 38.5. The van der Waals surface area contributed by atoms with E-state index < -0.39 is 23.4 Å². The van der Waals surface area contributed by atoms with E-state index in [0.29, 0.717) is 36.7 Å². The highest BCUT2D eigenvalue weighted by atomic mass is 19.1. The number of ether oxygens (including phenoxy) is 1. The molecule has 2 aromatic heterocycles. The van der Waals surface area contributed by atoms with E-state index in [4.69, 9.17) is 10.5 Å². The van der Waals surface area contributed by atoms with E-state index in [1.807, 2.05) is 0 Å². The zero-order valence-corrected chi connectivity index (χ0v) is 21.0. The van der Waals surface area contributed by atoms with Crippen molar-refractivity contribution < 1.29 is 23.4 Å². The molecule has 1 aliphatic heterocycles. The number of likely N-dealkylation sites (tertiary alicyclic amines) is 1. The van der Waals surface area contributed by atoms with Crippen LogP contribution in [0.15, 0.2) is 18.7 Å². The Morgan fingerprint density at radius 1 is 1.46 bits per heavy atom. The number of imidazole rings is 1. The number of nitrogens with one attached hydrogen (secondary N) is 1. The number of anilines is 1. The number of aryl methyl sites for hydroxylation is 2. The van der Waals surface area contributed by atoms with Crippen LogP contribution in [0.3, 0.4) is 0 Å². The fourth-order valence-corrected chi connectivity index (χ4v) is 4.75. The Morgan fingerprint density at radius 2 is 2.19 bits per heavy atom. The molecule has 196 valence electrons. The van der Waals surface area contributed by atoms with Crippen molar-refractivity contribution in [2.75, 3.05) is 32.6 Å². The van der Waals surface area contributed by atoms with Gasteiger partial charge in [0.25, 0.3) is 0 Å². The van der Waals surface area contributed by atoms with Gasteiger partial charge >= 0.3 is 0 Å². The third kappa shape index (κ3) is 4.57. The lowest BCUT2D eigenvalue weighted by atomic mass is 10.1. The van der Waals surface area contributed by atoms with Gasteiger partial charge in [-0.05, 0) is 25.3 Å². The van der Waals surface area contributed by atoms with Crippen molar-refractivity contribution in [1.82, 2.24) is 24.2 Å². The summed E-state index contributed by atoms with van der Waals surface area (Å²) in [7, 11) is 4.84. The summed E-state index contributed by atoms with van der Waals surface area (Å²) in [6, 6.07) is 0.658. The van der Waals surface area contributed by atoms with Crippen molar-refractivity contribution in [2.45, 2.75) is 31.7 Å². The van der Waals surface area contributed by atoms with Crippen molar-refractivity contribution in [3.63, 3.8) is 0 Å². The van der Waals surface area contributed by atoms with E-state index in [0.717, 1.165) is 0 Å². The second-order valence-electron chi connectivity index (χ2n) is 8.83. The lowest BCUT2D eigenvalue weighted by Gasteiger charge is -2.22. The van der Waals surface area contributed by atoms with Gasteiger partial charge in [0.1, 0.15) is 34.9 Å². The average molecular weight is 514 g/mol. The summed E-state index contributed by atoms with van der Waals surface area (Å²) >= 11 is 0. The van der Waals surface area contributed by atoms with Gasteiger partial charge in [0.15, 0.2) is 5.82 Å². The predicted octanol–water partition coefficient (Wildman–Crippen LogP) is 1.72. The molecule has 1 unspecified atom stereocenters. The Morgan fingerprint density at radius 3 is 2.81 bits per heavy atom.